The van der Waals surface area contributed by atoms with Gasteiger partial charge in [-0.05, 0) is 13.3 Å². The normalized spacial score (nSPS) is 15.3. The van der Waals surface area contributed by atoms with E-state index >= 15 is 0 Å². The fourth-order valence-electron chi connectivity index (χ4n) is 3.06. The Hall–Kier alpha value is -0.930. The van der Waals surface area contributed by atoms with Gasteiger partial charge in [0.05, 0.1) is 32.8 Å². The number of hydrogen-bond donors (Lipinski definition) is 3. The van der Waals surface area contributed by atoms with Crippen LogP contribution in [0.4, 0.5) is 0 Å². The van der Waals surface area contributed by atoms with Crippen LogP contribution in [-0.2, 0) is 14.4 Å². The molecule has 0 fully saturated rings. The van der Waals surface area contributed by atoms with Crippen molar-refractivity contribution in [2.45, 2.75) is 40.0 Å². The van der Waals surface area contributed by atoms with Crippen molar-refractivity contribution in [3.8, 4) is 0 Å². The molecule has 0 aliphatic carbocycles. The van der Waals surface area contributed by atoms with Crippen LogP contribution in [0.15, 0.2) is 12.2 Å². The fraction of sp³-hybridized carbons (Fsp3) is 0.737. The van der Waals surface area contributed by atoms with Crippen molar-refractivity contribution >= 4 is 17.8 Å². The van der Waals surface area contributed by atoms with Gasteiger partial charge in [0.25, 0.3) is 0 Å². The minimum absolute atomic E-state index is 0. The third-order valence-electron chi connectivity index (χ3n) is 4.55. The third-order valence-corrected chi connectivity index (χ3v) is 4.55. The summed E-state index contributed by atoms with van der Waals surface area (Å²) >= 11 is 0. The number of aliphatic carboxylic acids is 2. The molecule has 8 nitrogen and oxygen atoms in total. The van der Waals surface area contributed by atoms with Gasteiger partial charge in [-0.25, -0.2) is 0 Å². The van der Waals surface area contributed by atoms with E-state index < -0.39 is 23.8 Å². The number of nitrogens with one attached hydrogen (secondary N) is 1. The van der Waals surface area contributed by atoms with E-state index in [0.29, 0.717) is 6.54 Å². The fourth-order valence-corrected chi connectivity index (χ4v) is 3.06. The van der Waals surface area contributed by atoms with Crippen LogP contribution in [0.1, 0.15) is 40.0 Å². The van der Waals surface area contributed by atoms with Gasteiger partial charge in [-0.1, -0.05) is 32.4 Å². The number of carbonyl (C=O) groups is 3. The summed E-state index contributed by atoms with van der Waals surface area (Å²) < 4.78 is 0.0884. The first-order valence-corrected chi connectivity index (χ1v) is 9.48. The number of carbonyl (C=O) groups excluding carboxylic acids is 2. The summed E-state index contributed by atoms with van der Waals surface area (Å²) in [6.07, 6.45) is 5.94. The van der Waals surface area contributed by atoms with Crippen molar-refractivity contribution in [2.24, 2.45) is 11.8 Å². The van der Waals surface area contributed by atoms with Crippen LogP contribution in [0, 0.1) is 11.8 Å². The predicted molar refractivity (Wildman–Crippen MR) is 99.5 cm³/mol. The molecule has 0 aromatic carbocycles. The number of amides is 1. The zero-order valence-corrected chi connectivity index (χ0v) is 19.6. The van der Waals surface area contributed by atoms with Gasteiger partial charge in [0.2, 0.25) is 5.91 Å². The van der Waals surface area contributed by atoms with Crippen molar-refractivity contribution in [1.82, 2.24) is 5.32 Å². The van der Waals surface area contributed by atoms with Crippen molar-refractivity contribution in [3.63, 3.8) is 0 Å². The van der Waals surface area contributed by atoms with Crippen LogP contribution < -0.4 is 40.0 Å². The average Bonchev–Trinajstić information content (AvgIpc) is 2.58. The number of rotatable bonds is 15. The topological polar surface area (TPSA) is 127 Å². The van der Waals surface area contributed by atoms with E-state index in [1.165, 1.54) is 6.92 Å². The molecule has 0 aromatic rings. The second-order valence-corrected chi connectivity index (χ2v) is 7.15. The zero-order chi connectivity index (χ0) is 20.9. The molecule has 3 unspecified atom stereocenters. The second-order valence-electron chi connectivity index (χ2n) is 7.15. The minimum Gasteiger partial charge on any atom is -0.550 e. The first-order valence-electron chi connectivity index (χ1n) is 9.48. The Morgan fingerprint density at radius 3 is 2.21 bits per heavy atom. The molecule has 3 atom stereocenters. The molecule has 0 aromatic heterocycles. The summed E-state index contributed by atoms with van der Waals surface area (Å²) in [6, 6.07) is 0. The summed E-state index contributed by atoms with van der Waals surface area (Å²) in [5.41, 5.74) is 0. The average molecular weight is 409 g/mol. The number of unbranched alkanes of at least 4 members (excludes halogenated alkanes) is 1. The zero-order valence-electron chi connectivity index (χ0n) is 17.6. The van der Waals surface area contributed by atoms with E-state index in [1.807, 2.05) is 6.08 Å². The summed E-state index contributed by atoms with van der Waals surface area (Å²) in [6.45, 7) is 6.01. The minimum atomic E-state index is -1.22. The van der Waals surface area contributed by atoms with E-state index in [9.17, 15) is 29.7 Å². The van der Waals surface area contributed by atoms with E-state index in [1.54, 1.807) is 13.0 Å². The summed E-state index contributed by atoms with van der Waals surface area (Å²) in [4.78, 5) is 34.3. The molecule has 3 N–H and O–H groups in total. The quantitative estimate of drug-likeness (QED) is 0.148. The van der Waals surface area contributed by atoms with Crippen LogP contribution in [0.2, 0.25) is 0 Å². The molecule has 0 spiro atoms. The van der Waals surface area contributed by atoms with Gasteiger partial charge in [-0.3, -0.25) is 9.59 Å². The number of carboxylic acid groups (broad SMARTS) is 2. The maximum Gasteiger partial charge on any atom is 1.00 e. The van der Waals surface area contributed by atoms with Gasteiger partial charge in [0.1, 0.15) is 12.5 Å². The Balaban J connectivity index is 0. The predicted octanol–water partition coefficient (Wildman–Crippen LogP) is -3.23. The Morgan fingerprint density at radius 2 is 1.71 bits per heavy atom. The maximum absolute atomic E-state index is 11.9. The molecule has 9 heteroatoms. The number of aliphatic hydroxyl groups is 1. The van der Waals surface area contributed by atoms with Gasteiger partial charge in [0.15, 0.2) is 0 Å². The molecule has 0 rings (SSSR count). The third kappa shape index (κ3) is 12.5. The van der Waals surface area contributed by atoms with Gasteiger partial charge >= 0.3 is 35.5 Å². The van der Waals surface area contributed by atoms with Crippen LogP contribution >= 0.6 is 0 Å². The summed E-state index contributed by atoms with van der Waals surface area (Å²) in [5.74, 6) is -3.86. The maximum atomic E-state index is 11.9. The number of allylic oxidation sites excluding steroid dienone is 1. The first-order chi connectivity index (χ1) is 12.7. The Bertz CT molecular complexity index is 491. The molecule has 28 heavy (non-hydrogen) atoms. The Labute approximate surface area is 189 Å². The summed E-state index contributed by atoms with van der Waals surface area (Å²) in [5, 5.41) is 32.6. The first kappa shape index (κ1) is 29.3. The van der Waals surface area contributed by atoms with Crippen LogP contribution in [0.25, 0.3) is 0 Å². The molecule has 0 aliphatic rings. The molecular formula is C19H34N2NaO6+. The van der Waals surface area contributed by atoms with Gasteiger partial charge in [-0.15, -0.1) is 0 Å². The molecule has 0 bridgehead atoms. The smallest absolute Gasteiger partial charge is 0.550 e. The number of quaternary nitrogens is 1. The Morgan fingerprint density at radius 1 is 1.11 bits per heavy atom. The number of hydrogen-bond acceptors (Lipinski definition) is 5. The Kier molecular flexibility index (Phi) is 16.7. The van der Waals surface area contributed by atoms with Crippen molar-refractivity contribution < 1.29 is 63.7 Å². The van der Waals surface area contributed by atoms with Crippen LogP contribution in [-0.4, -0.2) is 71.9 Å². The van der Waals surface area contributed by atoms with E-state index in [-0.39, 0.29) is 79.2 Å². The van der Waals surface area contributed by atoms with Crippen LogP contribution in [0.5, 0.6) is 0 Å². The largest absolute Gasteiger partial charge is 1.00 e. The van der Waals surface area contributed by atoms with E-state index in [2.05, 4.69) is 12.2 Å². The summed E-state index contributed by atoms with van der Waals surface area (Å²) in [7, 11) is 0. The molecule has 0 aliphatic heterocycles. The number of carboxylic acids is 2. The molecular weight excluding hydrogens is 375 g/mol. The van der Waals surface area contributed by atoms with Gasteiger partial charge < -0.3 is 29.9 Å². The van der Waals surface area contributed by atoms with Gasteiger partial charge in [-0.2, -0.15) is 0 Å². The van der Waals surface area contributed by atoms with Gasteiger partial charge in [0, 0.05) is 18.3 Å². The molecule has 0 saturated heterocycles. The van der Waals surface area contributed by atoms with Crippen molar-refractivity contribution in [3.05, 3.63) is 12.2 Å². The number of nitrogens with zero attached hydrogens (tertiary/aromatic N) is 1. The molecule has 0 radical (unpaired) electrons. The molecule has 0 saturated carbocycles. The molecule has 0 heterocycles. The molecule has 1 amide bonds. The van der Waals surface area contributed by atoms with Crippen molar-refractivity contribution in [2.75, 3.05) is 39.3 Å². The van der Waals surface area contributed by atoms with Crippen molar-refractivity contribution in [1.29, 1.82) is 0 Å². The monoisotopic (exact) mass is 409 g/mol. The van der Waals surface area contributed by atoms with Crippen LogP contribution in [0.3, 0.4) is 0 Å². The SMILES string of the molecule is CCC/C=C/CC(=O)NCC[N+](CCO)(CC(C)C(=O)[O-])CC(C)C(=O)O.[Na+]. The second kappa shape index (κ2) is 15.9. The molecule has 156 valence electrons. The standard InChI is InChI=1S/C19H34N2O6.Na/c1-4-5-6-7-8-17(23)20-9-10-21(11-12-22,13-15(2)18(24)25)14-16(3)19(26)27;/h6-7,15-16,22H,4-5,8-14H2,1-3H3,(H2-,20,23,24,25,26,27);/q;+1/b7-6+;. The van der Waals surface area contributed by atoms with E-state index in [0.717, 1.165) is 12.8 Å². The van der Waals surface area contributed by atoms with E-state index in [4.69, 9.17) is 0 Å². The number of aliphatic hydroxyl groups excluding tert-OH is 1.